The highest BCUT2D eigenvalue weighted by molar-refractivity contribution is 6.50. The van der Waals surface area contributed by atoms with Crippen LogP contribution >= 0.6 is 23.2 Å². The number of anilines is 1. The van der Waals surface area contributed by atoms with Gasteiger partial charge in [0.2, 0.25) is 5.82 Å². The molecule has 1 aromatic heterocycles. The molecule has 1 unspecified atom stereocenters. The lowest BCUT2D eigenvalue weighted by Gasteiger charge is -2.45. The van der Waals surface area contributed by atoms with Gasteiger partial charge in [-0.1, -0.05) is 50.9 Å². The molecular formula is C27H30Cl2N6. The molecule has 2 aliphatic heterocycles. The summed E-state index contributed by atoms with van der Waals surface area (Å²) in [6.07, 6.45) is 1.09. The van der Waals surface area contributed by atoms with Crippen LogP contribution in [0, 0.1) is 5.41 Å². The van der Waals surface area contributed by atoms with Crippen LogP contribution in [0.1, 0.15) is 65.3 Å². The summed E-state index contributed by atoms with van der Waals surface area (Å²) in [5, 5.41) is 10.5. The first-order valence-electron chi connectivity index (χ1n) is 11.8. The fourth-order valence-electron chi connectivity index (χ4n) is 4.93. The van der Waals surface area contributed by atoms with Gasteiger partial charge in [-0.15, -0.1) is 9.89 Å². The second-order valence-electron chi connectivity index (χ2n) is 11.2. The molecule has 0 fully saturated rings. The van der Waals surface area contributed by atoms with E-state index in [1.165, 1.54) is 11.3 Å². The van der Waals surface area contributed by atoms with Crippen LogP contribution in [0.3, 0.4) is 0 Å². The maximum absolute atomic E-state index is 6.42. The van der Waals surface area contributed by atoms with Crippen LogP contribution in [-0.4, -0.2) is 38.9 Å². The average Bonchev–Trinajstić information content (AvgIpc) is 3.31. The molecule has 182 valence electrons. The van der Waals surface area contributed by atoms with Crippen molar-refractivity contribution in [1.29, 1.82) is 0 Å². The minimum Gasteiger partial charge on any atom is -0.369 e. The zero-order chi connectivity index (χ0) is 25.3. The van der Waals surface area contributed by atoms with Gasteiger partial charge in [-0.3, -0.25) is 0 Å². The van der Waals surface area contributed by atoms with E-state index in [0.717, 1.165) is 23.5 Å². The lowest BCUT2D eigenvalue weighted by atomic mass is 9.80. The van der Waals surface area contributed by atoms with E-state index < -0.39 is 0 Å². The minimum absolute atomic E-state index is 0.118. The van der Waals surface area contributed by atoms with Gasteiger partial charge in [0.15, 0.2) is 5.82 Å². The predicted octanol–water partition coefficient (Wildman–Crippen LogP) is 7.36. The first-order valence-corrected chi connectivity index (χ1v) is 12.6. The van der Waals surface area contributed by atoms with Crippen molar-refractivity contribution in [1.82, 2.24) is 14.9 Å². The first-order chi connectivity index (χ1) is 16.3. The van der Waals surface area contributed by atoms with Crippen LogP contribution in [0.25, 0.3) is 11.4 Å². The number of benzene rings is 2. The van der Waals surface area contributed by atoms with E-state index in [-0.39, 0.29) is 11.0 Å². The van der Waals surface area contributed by atoms with E-state index >= 15 is 0 Å². The van der Waals surface area contributed by atoms with Crippen LogP contribution in [0.2, 0.25) is 10.0 Å². The summed E-state index contributed by atoms with van der Waals surface area (Å²) in [4.78, 5) is 13.8. The number of halogens is 2. The molecule has 2 aromatic carbocycles. The molecule has 0 saturated carbocycles. The number of aliphatic imine (C=N–C) groups is 1. The Bertz CT molecular complexity index is 1390. The van der Waals surface area contributed by atoms with Crippen molar-refractivity contribution in [3.05, 3.63) is 57.8 Å². The molecule has 0 N–H and O–H groups in total. The summed E-state index contributed by atoms with van der Waals surface area (Å²) >= 11 is 12.5. The van der Waals surface area contributed by atoms with Gasteiger partial charge < -0.3 is 4.90 Å². The molecule has 1 atom stereocenters. The molecule has 0 bridgehead atoms. The molecular weight excluding hydrogens is 479 g/mol. The van der Waals surface area contributed by atoms with Crippen molar-refractivity contribution >= 4 is 46.0 Å². The van der Waals surface area contributed by atoms with Crippen LogP contribution < -0.4 is 4.90 Å². The Morgan fingerprint density at radius 3 is 2.51 bits per heavy atom. The van der Waals surface area contributed by atoms with Crippen LogP contribution in [0.15, 0.2) is 46.5 Å². The Morgan fingerprint density at radius 1 is 1.09 bits per heavy atom. The third-order valence-electron chi connectivity index (χ3n) is 6.96. The smallest absolute Gasteiger partial charge is 0.204 e. The number of nitrogens with zero attached hydrogens (tertiary/aromatic N) is 6. The topological polar surface area (TPSA) is 58.7 Å². The van der Waals surface area contributed by atoms with Gasteiger partial charge in [0, 0.05) is 34.3 Å². The van der Waals surface area contributed by atoms with Crippen molar-refractivity contribution in [2.45, 2.75) is 59.4 Å². The highest BCUT2D eigenvalue weighted by Gasteiger charge is 2.36. The minimum atomic E-state index is -0.231. The zero-order valence-corrected chi connectivity index (χ0v) is 22.7. The fraction of sp³-hybridized carbons (Fsp3) is 0.407. The molecule has 0 saturated heterocycles. The van der Waals surface area contributed by atoms with Crippen LogP contribution in [0.5, 0.6) is 0 Å². The highest BCUT2D eigenvalue weighted by atomic mass is 35.5. The van der Waals surface area contributed by atoms with Crippen molar-refractivity contribution in [2.75, 3.05) is 11.9 Å². The predicted molar refractivity (Wildman–Crippen MR) is 146 cm³/mol. The highest BCUT2D eigenvalue weighted by Crippen LogP contribution is 2.44. The van der Waals surface area contributed by atoms with E-state index in [0.29, 0.717) is 33.2 Å². The van der Waals surface area contributed by atoms with Gasteiger partial charge >= 0.3 is 0 Å². The maximum Gasteiger partial charge on any atom is 0.204 e. The van der Waals surface area contributed by atoms with Crippen LogP contribution in [-0.2, 0) is 0 Å². The number of fused-ring (bicyclic) bond motifs is 2. The Hall–Kier alpha value is -2.70. The lowest BCUT2D eigenvalue weighted by Crippen LogP contribution is -2.45. The molecule has 0 spiro atoms. The van der Waals surface area contributed by atoms with Gasteiger partial charge in [0.1, 0.15) is 5.71 Å². The van der Waals surface area contributed by atoms with Gasteiger partial charge in [-0.25, -0.2) is 9.98 Å². The maximum atomic E-state index is 6.42. The van der Waals surface area contributed by atoms with Gasteiger partial charge in [-0.2, -0.15) is 5.10 Å². The standard InChI is InChI=1S/C27H30Cl2N6/c1-15-14-27(5,6)34(7)21-11-9-17(13-19(15)21)30-22-23(26(2,3)4)32-35-25(22)31-24(33-35)18-10-8-16(28)12-20(18)29/h8-13,15H,14H2,1-7H3. The molecule has 6 nitrogen and oxygen atoms in total. The molecule has 3 heterocycles. The summed E-state index contributed by atoms with van der Waals surface area (Å²) in [6, 6.07) is 11.8. The molecule has 2 aliphatic rings. The lowest BCUT2D eigenvalue weighted by molar-refractivity contribution is 0.395. The normalized spacial score (nSPS) is 20.1. The number of aromatic nitrogens is 3. The first kappa shape index (κ1) is 24.0. The van der Waals surface area contributed by atoms with Crippen molar-refractivity contribution < 1.29 is 0 Å². The number of hydrogen-bond donors (Lipinski definition) is 0. The Labute approximate surface area is 216 Å². The average molecular weight is 509 g/mol. The second kappa shape index (κ2) is 8.17. The summed E-state index contributed by atoms with van der Waals surface area (Å²) in [5.74, 6) is 1.55. The van der Waals surface area contributed by atoms with E-state index in [2.05, 4.69) is 76.8 Å². The molecule has 0 aliphatic carbocycles. The summed E-state index contributed by atoms with van der Waals surface area (Å²) in [6.45, 7) is 13.2. The SMILES string of the molecule is CC1CC(C)(C)N(C)c2ccc(N=C3C(C(C)(C)C)=Nn4nc(-c5ccc(Cl)cc5Cl)nc43)cc21. The molecule has 8 heteroatoms. The number of hydrogen-bond acceptors (Lipinski definition) is 5. The van der Waals surface area contributed by atoms with Crippen molar-refractivity contribution in [3.8, 4) is 11.4 Å². The molecule has 3 aromatic rings. The largest absolute Gasteiger partial charge is 0.369 e. The molecule has 0 amide bonds. The summed E-state index contributed by atoms with van der Waals surface area (Å²) < 4.78 is 0. The molecule has 35 heavy (non-hydrogen) atoms. The number of rotatable bonds is 2. The van der Waals surface area contributed by atoms with E-state index in [1.807, 2.05) is 6.07 Å². The summed E-state index contributed by atoms with van der Waals surface area (Å²) in [7, 11) is 2.17. The van der Waals surface area contributed by atoms with Crippen molar-refractivity contribution in [2.24, 2.45) is 15.5 Å². The van der Waals surface area contributed by atoms with Gasteiger partial charge in [-0.05, 0) is 68.1 Å². The Kier molecular flexibility index (Phi) is 5.61. The van der Waals surface area contributed by atoms with Gasteiger partial charge in [0.05, 0.1) is 16.4 Å². The third-order valence-corrected chi connectivity index (χ3v) is 7.51. The fourth-order valence-corrected chi connectivity index (χ4v) is 5.42. The monoisotopic (exact) mass is 508 g/mol. The van der Waals surface area contributed by atoms with Crippen LogP contribution in [0.4, 0.5) is 11.4 Å². The quantitative estimate of drug-likeness (QED) is 0.363. The van der Waals surface area contributed by atoms with E-state index in [1.54, 1.807) is 16.9 Å². The van der Waals surface area contributed by atoms with E-state index in [9.17, 15) is 0 Å². The second-order valence-corrected chi connectivity index (χ2v) is 12.0. The Balaban J connectivity index is 1.61. The molecule has 5 rings (SSSR count). The van der Waals surface area contributed by atoms with Gasteiger partial charge in [0.25, 0.3) is 0 Å². The zero-order valence-electron chi connectivity index (χ0n) is 21.2. The van der Waals surface area contributed by atoms with Crippen molar-refractivity contribution in [3.63, 3.8) is 0 Å². The molecule has 0 radical (unpaired) electrons. The Morgan fingerprint density at radius 2 is 1.83 bits per heavy atom. The summed E-state index contributed by atoms with van der Waals surface area (Å²) in [5.41, 5.74) is 5.64. The third kappa shape index (κ3) is 4.17. The van der Waals surface area contributed by atoms with E-state index in [4.69, 9.17) is 38.3 Å².